The second kappa shape index (κ2) is 5.90. The number of nitrogens with zero attached hydrogens (tertiary/aromatic N) is 1. The molecule has 0 heterocycles. The summed E-state index contributed by atoms with van der Waals surface area (Å²) in [5.74, 6) is 0.901. The van der Waals surface area contributed by atoms with Crippen LogP contribution >= 0.6 is 0 Å². The molecule has 0 unspecified atom stereocenters. The molecule has 0 N–H and O–H groups in total. The Morgan fingerprint density at radius 3 is 1.94 bits per heavy atom. The van der Waals surface area contributed by atoms with Crippen molar-refractivity contribution in [3.8, 4) is 5.75 Å². The van der Waals surface area contributed by atoms with E-state index in [-0.39, 0.29) is 6.23 Å². The summed E-state index contributed by atoms with van der Waals surface area (Å²) in [6, 6.07) is 11.6. The van der Waals surface area contributed by atoms with Gasteiger partial charge in [0.05, 0.1) is 0 Å². The molecular weight excluding hydrogens is 198 g/mol. The Morgan fingerprint density at radius 1 is 1.00 bits per heavy atom. The molecular formula is C14H22NO. The lowest BCUT2D eigenvalue weighted by Crippen LogP contribution is -2.46. The van der Waals surface area contributed by atoms with Crippen LogP contribution in [0.15, 0.2) is 24.3 Å². The standard InChI is InChI=1S/C14H22NO/c1-11(2)15(12(3)4)13(5)16-14-9-7-6-8-10-14/h7-13H,1-5H3/t13-/m0/s1. The largest absolute Gasteiger partial charge is 0.475 e. The predicted molar refractivity (Wildman–Crippen MR) is 67.5 cm³/mol. The first-order valence-corrected chi connectivity index (χ1v) is 5.92. The molecule has 0 fully saturated rings. The molecule has 1 radical (unpaired) electrons. The molecule has 0 saturated heterocycles. The molecule has 1 rings (SSSR count). The van der Waals surface area contributed by atoms with Crippen molar-refractivity contribution in [3.05, 3.63) is 30.3 Å². The fourth-order valence-corrected chi connectivity index (χ4v) is 2.14. The van der Waals surface area contributed by atoms with Crippen LogP contribution in [0, 0.1) is 6.07 Å². The van der Waals surface area contributed by atoms with Gasteiger partial charge in [-0.05, 0) is 52.8 Å². The molecule has 0 bridgehead atoms. The molecule has 2 nitrogen and oxygen atoms in total. The quantitative estimate of drug-likeness (QED) is 0.706. The molecule has 0 aliphatic rings. The van der Waals surface area contributed by atoms with E-state index in [1.165, 1.54) is 0 Å². The van der Waals surface area contributed by atoms with Crippen LogP contribution < -0.4 is 4.74 Å². The predicted octanol–water partition coefficient (Wildman–Crippen LogP) is 3.33. The zero-order chi connectivity index (χ0) is 12.1. The summed E-state index contributed by atoms with van der Waals surface area (Å²) in [6.45, 7) is 10.9. The Hall–Kier alpha value is -1.02. The van der Waals surface area contributed by atoms with Crippen LogP contribution in [0.3, 0.4) is 0 Å². The molecule has 0 saturated carbocycles. The van der Waals surface area contributed by atoms with Gasteiger partial charge < -0.3 is 4.74 Å². The second-order valence-electron chi connectivity index (χ2n) is 4.59. The first kappa shape index (κ1) is 13.0. The summed E-state index contributed by atoms with van der Waals surface area (Å²) < 4.78 is 5.90. The number of benzene rings is 1. The van der Waals surface area contributed by atoms with Crippen LogP contribution in [0.2, 0.25) is 0 Å². The lowest BCUT2D eigenvalue weighted by atomic mass is 10.2. The second-order valence-corrected chi connectivity index (χ2v) is 4.59. The molecule has 0 aromatic heterocycles. The average molecular weight is 220 g/mol. The summed E-state index contributed by atoms with van der Waals surface area (Å²) in [7, 11) is 0. The molecule has 0 amide bonds. The van der Waals surface area contributed by atoms with Crippen LogP contribution in [-0.2, 0) is 0 Å². The van der Waals surface area contributed by atoms with Crippen molar-refractivity contribution >= 4 is 0 Å². The number of hydrogen-bond donors (Lipinski definition) is 0. The third kappa shape index (κ3) is 3.53. The van der Waals surface area contributed by atoms with Gasteiger partial charge in [0.15, 0.2) is 0 Å². The van der Waals surface area contributed by atoms with Gasteiger partial charge in [-0.2, -0.15) is 0 Å². The molecule has 0 aliphatic carbocycles. The zero-order valence-electron chi connectivity index (χ0n) is 10.9. The highest BCUT2D eigenvalue weighted by molar-refractivity contribution is 5.20. The van der Waals surface area contributed by atoms with Crippen molar-refractivity contribution in [1.82, 2.24) is 4.90 Å². The Bertz CT molecular complexity index is 287. The minimum atomic E-state index is 0.0856. The van der Waals surface area contributed by atoms with Gasteiger partial charge in [-0.15, -0.1) is 0 Å². The fraction of sp³-hybridized carbons (Fsp3) is 0.571. The lowest BCUT2D eigenvalue weighted by Gasteiger charge is -2.35. The highest BCUT2D eigenvalue weighted by Gasteiger charge is 2.21. The lowest BCUT2D eigenvalue weighted by molar-refractivity contribution is -0.00560. The van der Waals surface area contributed by atoms with Crippen molar-refractivity contribution in [2.75, 3.05) is 0 Å². The summed E-state index contributed by atoms with van der Waals surface area (Å²) in [5, 5.41) is 0. The maximum atomic E-state index is 5.90. The Kier molecular flexibility index (Phi) is 4.81. The van der Waals surface area contributed by atoms with E-state index in [2.05, 4.69) is 45.6 Å². The van der Waals surface area contributed by atoms with Gasteiger partial charge >= 0.3 is 0 Å². The molecule has 16 heavy (non-hydrogen) atoms. The van der Waals surface area contributed by atoms with Gasteiger partial charge in [-0.1, -0.05) is 12.1 Å². The van der Waals surface area contributed by atoms with Gasteiger partial charge in [0.25, 0.3) is 0 Å². The summed E-state index contributed by atoms with van der Waals surface area (Å²) in [5.41, 5.74) is 0. The summed E-state index contributed by atoms with van der Waals surface area (Å²) in [6.07, 6.45) is 0.0856. The minimum Gasteiger partial charge on any atom is -0.475 e. The van der Waals surface area contributed by atoms with Crippen LogP contribution in [0.1, 0.15) is 34.6 Å². The first-order valence-electron chi connectivity index (χ1n) is 5.92. The average Bonchev–Trinajstić information content (AvgIpc) is 2.17. The van der Waals surface area contributed by atoms with Crippen molar-refractivity contribution in [2.24, 2.45) is 0 Å². The van der Waals surface area contributed by atoms with Crippen LogP contribution in [0.4, 0.5) is 0 Å². The summed E-state index contributed by atoms with van der Waals surface area (Å²) in [4.78, 5) is 2.34. The fourth-order valence-electron chi connectivity index (χ4n) is 2.14. The van der Waals surface area contributed by atoms with Crippen molar-refractivity contribution in [3.63, 3.8) is 0 Å². The zero-order valence-corrected chi connectivity index (χ0v) is 10.9. The number of rotatable bonds is 5. The van der Waals surface area contributed by atoms with E-state index < -0.39 is 0 Å². The molecule has 1 atom stereocenters. The normalized spacial score (nSPS) is 13.5. The Morgan fingerprint density at radius 2 is 1.50 bits per heavy atom. The molecule has 89 valence electrons. The van der Waals surface area contributed by atoms with Crippen LogP contribution in [-0.4, -0.2) is 23.2 Å². The van der Waals surface area contributed by atoms with Gasteiger partial charge in [0.1, 0.15) is 12.0 Å². The van der Waals surface area contributed by atoms with E-state index in [0.29, 0.717) is 12.1 Å². The van der Waals surface area contributed by atoms with Gasteiger partial charge in [-0.3, -0.25) is 4.90 Å². The van der Waals surface area contributed by atoms with Crippen molar-refractivity contribution < 1.29 is 4.74 Å². The van der Waals surface area contributed by atoms with Gasteiger partial charge in [-0.25, -0.2) is 0 Å². The summed E-state index contributed by atoms with van der Waals surface area (Å²) >= 11 is 0. The maximum Gasteiger partial charge on any atom is 0.150 e. The van der Waals surface area contributed by atoms with E-state index >= 15 is 0 Å². The molecule has 1 aromatic carbocycles. The van der Waals surface area contributed by atoms with Crippen molar-refractivity contribution in [1.29, 1.82) is 0 Å². The van der Waals surface area contributed by atoms with Gasteiger partial charge in [0.2, 0.25) is 0 Å². The first-order chi connectivity index (χ1) is 7.52. The van der Waals surface area contributed by atoms with E-state index in [9.17, 15) is 0 Å². The molecule has 0 spiro atoms. The molecule has 0 aliphatic heterocycles. The van der Waals surface area contributed by atoms with Gasteiger partial charge in [0, 0.05) is 12.1 Å². The topological polar surface area (TPSA) is 12.5 Å². The highest BCUT2D eigenvalue weighted by atomic mass is 16.5. The SMILES string of the molecule is CC(C)N(C(C)C)[C@H](C)Oc1cc[c]cc1. The monoisotopic (exact) mass is 220 g/mol. The number of ether oxygens (including phenoxy) is 1. The minimum absolute atomic E-state index is 0.0856. The highest BCUT2D eigenvalue weighted by Crippen LogP contribution is 2.16. The smallest absolute Gasteiger partial charge is 0.150 e. The third-order valence-electron chi connectivity index (χ3n) is 2.61. The van der Waals surface area contributed by atoms with Crippen molar-refractivity contribution in [2.45, 2.75) is 52.9 Å². The van der Waals surface area contributed by atoms with E-state index in [0.717, 1.165) is 5.75 Å². The maximum absolute atomic E-state index is 5.90. The van der Waals surface area contributed by atoms with Crippen LogP contribution in [0.5, 0.6) is 5.75 Å². The molecule has 1 aromatic rings. The van der Waals surface area contributed by atoms with E-state index in [1.54, 1.807) is 0 Å². The third-order valence-corrected chi connectivity index (χ3v) is 2.61. The Labute approximate surface area is 99.2 Å². The molecule has 2 heteroatoms. The van der Waals surface area contributed by atoms with E-state index in [1.807, 2.05) is 24.3 Å². The Balaban J connectivity index is 2.66. The van der Waals surface area contributed by atoms with E-state index in [4.69, 9.17) is 4.74 Å². The number of hydrogen-bond acceptors (Lipinski definition) is 2. The van der Waals surface area contributed by atoms with Crippen LogP contribution in [0.25, 0.3) is 0 Å².